The van der Waals surface area contributed by atoms with Crippen LogP contribution in [0.4, 0.5) is 5.95 Å². The minimum atomic E-state index is 0.00338. The highest BCUT2D eigenvalue weighted by atomic mass is 16.5. The minimum Gasteiger partial charge on any atom is -0.491 e. The maximum atomic E-state index is 8.82. The Balaban J connectivity index is 1.33. The first-order chi connectivity index (χ1) is 15.2. The number of rotatable bonds is 8. The zero-order valence-electron chi connectivity index (χ0n) is 16.7. The van der Waals surface area contributed by atoms with Gasteiger partial charge >= 0.3 is 0 Å². The van der Waals surface area contributed by atoms with Gasteiger partial charge in [-0.3, -0.25) is 0 Å². The van der Waals surface area contributed by atoms with E-state index in [1.165, 1.54) is 10.1 Å². The van der Waals surface area contributed by atoms with Gasteiger partial charge in [0.25, 0.3) is 0 Å². The van der Waals surface area contributed by atoms with Gasteiger partial charge in [0.2, 0.25) is 11.8 Å². The van der Waals surface area contributed by atoms with E-state index < -0.39 is 0 Å². The molecule has 0 amide bonds. The lowest BCUT2D eigenvalue weighted by atomic mass is 10.1. The summed E-state index contributed by atoms with van der Waals surface area (Å²) >= 11 is 0. The fraction of sp³-hybridized carbons (Fsp3) is 0.238. The van der Waals surface area contributed by atoms with Crippen LogP contribution in [0.25, 0.3) is 28.3 Å². The Morgan fingerprint density at radius 1 is 1.10 bits per heavy atom. The second-order valence-corrected chi connectivity index (χ2v) is 7.04. The third-order valence-electron chi connectivity index (χ3n) is 4.96. The molecule has 5 rings (SSSR count). The molecule has 0 aliphatic rings. The van der Waals surface area contributed by atoms with E-state index in [0.29, 0.717) is 36.0 Å². The fourth-order valence-electron chi connectivity index (χ4n) is 3.48. The number of fused-ring (bicyclic) bond motifs is 3. The Morgan fingerprint density at radius 2 is 1.97 bits per heavy atom. The van der Waals surface area contributed by atoms with Gasteiger partial charge in [-0.05, 0) is 42.7 Å². The summed E-state index contributed by atoms with van der Waals surface area (Å²) in [5, 5.41) is 18.5. The molecule has 0 aliphatic carbocycles. The van der Waals surface area contributed by atoms with E-state index in [1.807, 2.05) is 28.9 Å². The van der Waals surface area contributed by atoms with Crippen molar-refractivity contribution >= 4 is 22.6 Å². The molecule has 0 saturated heterocycles. The summed E-state index contributed by atoms with van der Waals surface area (Å²) < 4.78 is 14.1. The number of hydrogen-bond acceptors (Lipinski definition) is 8. The van der Waals surface area contributed by atoms with E-state index in [9.17, 15) is 0 Å². The number of nitrogens with two attached hydrogens (primary N) is 1. The van der Waals surface area contributed by atoms with Crippen LogP contribution in [-0.4, -0.2) is 47.7 Å². The standard InChI is InChI=1S/C21H21N7O3/c22-21-25-19-16(20-24-18(26-28(20)21)17-4-2-11-31-17)13-23-27(19)9-1-3-14-5-7-15(8-6-14)30-12-10-29/h2,4-8,11,13,29H,1,3,9-10,12H2,(H2,22,25). The largest absolute Gasteiger partial charge is 0.491 e. The predicted molar refractivity (Wildman–Crippen MR) is 114 cm³/mol. The summed E-state index contributed by atoms with van der Waals surface area (Å²) in [5.41, 5.74) is 8.61. The van der Waals surface area contributed by atoms with Crippen LogP contribution in [0.1, 0.15) is 12.0 Å². The highest BCUT2D eigenvalue weighted by molar-refractivity contribution is 5.90. The van der Waals surface area contributed by atoms with E-state index in [1.54, 1.807) is 24.6 Å². The first kappa shape index (κ1) is 19.1. The summed E-state index contributed by atoms with van der Waals surface area (Å²) in [5.74, 6) is 2.01. The van der Waals surface area contributed by atoms with Crippen molar-refractivity contribution in [2.24, 2.45) is 0 Å². The van der Waals surface area contributed by atoms with Gasteiger partial charge in [-0.2, -0.15) is 14.6 Å². The van der Waals surface area contributed by atoms with Gasteiger partial charge in [0.1, 0.15) is 12.4 Å². The molecule has 4 heterocycles. The topological polar surface area (TPSA) is 130 Å². The van der Waals surface area contributed by atoms with Crippen molar-refractivity contribution in [2.45, 2.75) is 19.4 Å². The summed E-state index contributed by atoms with van der Waals surface area (Å²) in [6.45, 7) is 0.988. The van der Waals surface area contributed by atoms with Crippen molar-refractivity contribution in [3.8, 4) is 17.3 Å². The molecular formula is C21H21N7O3. The third-order valence-corrected chi connectivity index (χ3v) is 4.96. The highest BCUT2D eigenvalue weighted by Crippen LogP contribution is 2.23. The maximum Gasteiger partial charge on any atom is 0.225 e. The lowest BCUT2D eigenvalue weighted by Gasteiger charge is -2.07. The van der Waals surface area contributed by atoms with Crippen molar-refractivity contribution in [2.75, 3.05) is 18.9 Å². The molecule has 0 saturated carbocycles. The zero-order valence-corrected chi connectivity index (χ0v) is 16.7. The molecule has 5 aromatic rings. The van der Waals surface area contributed by atoms with Gasteiger partial charge in [0.15, 0.2) is 17.1 Å². The van der Waals surface area contributed by atoms with Crippen LogP contribution >= 0.6 is 0 Å². The molecule has 0 fully saturated rings. The summed E-state index contributed by atoms with van der Waals surface area (Å²) in [7, 11) is 0. The van der Waals surface area contributed by atoms with Crippen molar-refractivity contribution in [1.29, 1.82) is 0 Å². The Hall–Kier alpha value is -3.92. The minimum absolute atomic E-state index is 0.00338. The van der Waals surface area contributed by atoms with Crippen LogP contribution in [-0.2, 0) is 13.0 Å². The molecule has 158 valence electrons. The molecule has 1 aromatic carbocycles. The molecular weight excluding hydrogens is 398 g/mol. The quantitative estimate of drug-likeness (QED) is 0.392. The van der Waals surface area contributed by atoms with Crippen LogP contribution in [0, 0.1) is 0 Å². The third kappa shape index (κ3) is 3.68. The molecule has 3 N–H and O–H groups in total. The average molecular weight is 419 g/mol. The molecule has 10 heteroatoms. The van der Waals surface area contributed by atoms with E-state index >= 15 is 0 Å². The monoisotopic (exact) mass is 419 g/mol. The van der Waals surface area contributed by atoms with Gasteiger partial charge in [-0.25, -0.2) is 9.67 Å². The van der Waals surface area contributed by atoms with E-state index in [-0.39, 0.29) is 12.6 Å². The SMILES string of the molecule is Nc1nc2c(cnn2CCCc2ccc(OCCO)cc2)c2nc(-c3ccco3)nn12. The Bertz CT molecular complexity index is 1310. The van der Waals surface area contributed by atoms with Crippen molar-refractivity contribution in [1.82, 2.24) is 29.4 Å². The van der Waals surface area contributed by atoms with Crippen LogP contribution in [0.3, 0.4) is 0 Å². The van der Waals surface area contributed by atoms with E-state index in [0.717, 1.165) is 24.0 Å². The number of aromatic nitrogens is 6. The van der Waals surface area contributed by atoms with Gasteiger partial charge in [0.05, 0.1) is 24.5 Å². The van der Waals surface area contributed by atoms with Crippen LogP contribution < -0.4 is 10.5 Å². The van der Waals surface area contributed by atoms with Gasteiger partial charge in [-0.15, -0.1) is 5.10 Å². The average Bonchev–Trinajstić information content (AvgIpc) is 3.53. The Labute approximate surface area is 176 Å². The van der Waals surface area contributed by atoms with E-state index in [4.69, 9.17) is 20.0 Å². The predicted octanol–water partition coefficient (Wildman–Crippen LogP) is 2.32. The number of nitrogen functional groups attached to an aromatic ring is 1. The lowest BCUT2D eigenvalue weighted by Crippen LogP contribution is -2.07. The van der Waals surface area contributed by atoms with Crippen molar-refractivity contribution in [3.05, 3.63) is 54.4 Å². The molecule has 0 bridgehead atoms. The van der Waals surface area contributed by atoms with Crippen LogP contribution in [0.5, 0.6) is 5.75 Å². The second kappa shape index (κ2) is 8.07. The Morgan fingerprint density at radius 3 is 2.74 bits per heavy atom. The number of aliphatic hydroxyl groups is 1. The zero-order chi connectivity index (χ0) is 21.2. The summed E-state index contributed by atoms with van der Waals surface area (Å²) in [6.07, 6.45) is 5.08. The molecule has 4 aromatic heterocycles. The first-order valence-electron chi connectivity index (χ1n) is 9.97. The molecule has 0 atom stereocenters. The van der Waals surface area contributed by atoms with E-state index in [2.05, 4.69) is 20.2 Å². The molecule has 0 unspecified atom stereocenters. The Kier molecular flexibility index (Phi) is 4.97. The fourth-order valence-corrected chi connectivity index (χ4v) is 3.48. The smallest absolute Gasteiger partial charge is 0.225 e. The summed E-state index contributed by atoms with van der Waals surface area (Å²) in [6, 6.07) is 11.5. The lowest BCUT2D eigenvalue weighted by molar-refractivity contribution is 0.201. The van der Waals surface area contributed by atoms with Gasteiger partial charge in [-0.1, -0.05) is 12.1 Å². The van der Waals surface area contributed by atoms with Crippen LogP contribution in [0.15, 0.2) is 53.3 Å². The summed E-state index contributed by atoms with van der Waals surface area (Å²) in [4.78, 5) is 9.07. The van der Waals surface area contributed by atoms with Crippen molar-refractivity contribution < 1.29 is 14.3 Å². The number of furan rings is 1. The molecule has 0 spiro atoms. The maximum absolute atomic E-state index is 8.82. The molecule has 0 aliphatic heterocycles. The van der Waals surface area contributed by atoms with Crippen LogP contribution in [0.2, 0.25) is 0 Å². The number of aryl methyl sites for hydroxylation is 2. The number of aliphatic hydroxyl groups excluding tert-OH is 1. The molecule has 0 radical (unpaired) electrons. The van der Waals surface area contributed by atoms with Gasteiger partial charge < -0.3 is 20.0 Å². The number of anilines is 1. The first-order valence-corrected chi connectivity index (χ1v) is 9.97. The normalized spacial score (nSPS) is 11.5. The van der Waals surface area contributed by atoms with Gasteiger partial charge in [0, 0.05) is 6.54 Å². The number of ether oxygens (including phenoxy) is 1. The molecule has 10 nitrogen and oxygen atoms in total. The number of hydrogen-bond donors (Lipinski definition) is 2. The van der Waals surface area contributed by atoms with Crippen molar-refractivity contribution in [3.63, 3.8) is 0 Å². The number of benzene rings is 1. The highest BCUT2D eigenvalue weighted by Gasteiger charge is 2.17. The molecule has 31 heavy (non-hydrogen) atoms. The number of nitrogens with zero attached hydrogens (tertiary/aromatic N) is 6. The second-order valence-electron chi connectivity index (χ2n) is 7.04.